The minimum atomic E-state index is 0.00160. The lowest BCUT2D eigenvalue weighted by Crippen LogP contribution is -2.34. The number of nitrogens with two attached hydrogens (primary N) is 1. The average molecular weight is 273 g/mol. The molecular formula is C15H19N3O2. The van der Waals surface area contributed by atoms with Crippen LogP contribution in [0.25, 0.3) is 0 Å². The van der Waals surface area contributed by atoms with E-state index in [1.165, 1.54) is 0 Å². The largest absolute Gasteiger partial charge is 0.328 e. The smallest absolute Gasteiger partial charge is 0.228 e. The first-order valence-corrected chi connectivity index (χ1v) is 7.11. The lowest BCUT2D eigenvalue weighted by Gasteiger charge is -2.25. The van der Waals surface area contributed by atoms with E-state index < -0.39 is 0 Å². The van der Waals surface area contributed by atoms with Crippen LogP contribution in [0.3, 0.4) is 0 Å². The predicted octanol–water partition coefficient (Wildman–Crippen LogP) is 1.64. The fraction of sp³-hybridized carbons (Fsp3) is 0.467. The molecule has 2 atom stereocenters. The summed E-state index contributed by atoms with van der Waals surface area (Å²) in [6.07, 6.45) is 4.08. The molecule has 0 radical (unpaired) electrons. The predicted molar refractivity (Wildman–Crippen MR) is 77.3 cm³/mol. The molecule has 3 rings (SSSR count). The Morgan fingerprint density at radius 1 is 1.35 bits per heavy atom. The maximum atomic E-state index is 12.2. The number of rotatable bonds is 2. The van der Waals surface area contributed by atoms with Gasteiger partial charge < -0.3 is 16.4 Å². The van der Waals surface area contributed by atoms with E-state index in [1.54, 1.807) is 0 Å². The molecule has 106 valence electrons. The lowest BCUT2D eigenvalue weighted by molar-refractivity contribution is -0.121. The zero-order chi connectivity index (χ0) is 14.1. The molecule has 1 heterocycles. The highest BCUT2D eigenvalue weighted by Gasteiger charge is 2.25. The second-order valence-electron chi connectivity index (χ2n) is 5.71. The molecule has 1 aromatic carbocycles. The van der Waals surface area contributed by atoms with Crippen LogP contribution in [0.5, 0.6) is 0 Å². The quantitative estimate of drug-likeness (QED) is 0.765. The molecule has 0 aromatic heterocycles. The number of nitrogens with one attached hydrogen (secondary N) is 2. The van der Waals surface area contributed by atoms with Crippen molar-refractivity contribution >= 4 is 23.2 Å². The molecule has 2 aliphatic rings. The SMILES string of the molecule is NC1CCCC(C(=O)Nc2ccc3c(c2)CC(=O)N3)C1. The van der Waals surface area contributed by atoms with E-state index in [2.05, 4.69) is 10.6 Å². The number of carbonyl (C=O) groups excluding carboxylic acids is 2. The Kier molecular flexibility index (Phi) is 3.44. The Labute approximate surface area is 117 Å². The summed E-state index contributed by atoms with van der Waals surface area (Å²) in [4.78, 5) is 23.5. The van der Waals surface area contributed by atoms with Gasteiger partial charge in [-0.2, -0.15) is 0 Å². The van der Waals surface area contributed by atoms with Crippen LogP contribution in [0.1, 0.15) is 31.2 Å². The molecule has 1 fully saturated rings. The van der Waals surface area contributed by atoms with Crippen LogP contribution in [0.4, 0.5) is 11.4 Å². The van der Waals surface area contributed by atoms with Crippen LogP contribution in [-0.4, -0.2) is 17.9 Å². The molecule has 1 aromatic rings. The van der Waals surface area contributed by atoms with Crippen LogP contribution in [0, 0.1) is 5.92 Å². The monoisotopic (exact) mass is 273 g/mol. The molecule has 0 bridgehead atoms. The minimum absolute atomic E-state index is 0.00160. The Hall–Kier alpha value is -1.88. The molecule has 5 nitrogen and oxygen atoms in total. The van der Waals surface area contributed by atoms with Crippen molar-refractivity contribution in [3.05, 3.63) is 23.8 Å². The maximum Gasteiger partial charge on any atom is 0.228 e. The van der Waals surface area contributed by atoms with Crippen LogP contribution < -0.4 is 16.4 Å². The summed E-state index contributed by atoms with van der Waals surface area (Å²) in [5.41, 5.74) is 8.45. The average Bonchev–Trinajstić information content (AvgIpc) is 2.78. The Morgan fingerprint density at radius 2 is 2.20 bits per heavy atom. The fourth-order valence-electron chi connectivity index (χ4n) is 3.02. The molecule has 1 aliphatic carbocycles. The Morgan fingerprint density at radius 3 is 3.00 bits per heavy atom. The topological polar surface area (TPSA) is 84.2 Å². The first kappa shape index (κ1) is 13.1. The van der Waals surface area contributed by atoms with Crippen molar-refractivity contribution < 1.29 is 9.59 Å². The zero-order valence-corrected chi connectivity index (χ0v) is 11.3. The van der Waals surface area contributed by atoms with Gasteiger partial charge in [0, 0.05) is 23.3 Å². The van der Waals surface area contributed by atoms with E-state index in [1.807, 2.05) is 18.2 Å². The van der Waals surface area contributed by atoms with Crippen LogP contribution >= 0.6 is 0 Å². The first-order valence-electron chi connectivity index (χ1n) is 7.11. The van der Waals surface area contributed by atoms with E-state index in [9.17, 15) is 9.59 Å². The van der Waals surface area contributed by atoms with Crippen molar-refractivity contribution in [1.29, 1.82) is 0 Å². The summed E-state index contributed by atoms with van der Waals surface area (Å²) >= 11 is 0. The van der Waals surface area contributed by atoms with Gasteiger partial charge in [-0.3, -0.25) is 9.59 Å². The first-order chi connectivity index (χ1) is 9.61. The molecule has 20 heavy (non-hydrogen) atoms. The number of hydrogen-bond acceptors (Lipinski definition) is 3. The van der Waals surface area contributed by atoms with Crippen molar-refractivity contribution in [2.45, 2.75) is 38.1 Å². The van der Waals surface area contributed by atoms with Gasteiger partial charge in [0.25, 0.3) is 0 Å². The van der Waals surface area contributed by atoms with E-state index in [0.717, 1.165) is 42.6 Å². The lowest BCUT2D eigenvalue weighted by atomic mass is 9.85. The molecule has 2 amide bonds. The normalized spacial score (nSPS) is 24.9. The number of amides is 2. The standard InChI is InChI=1S/C15H19N3O2/c16-11-3-1-2-9(6-11)15(20)17-12-4-5-13-10(7-12)8-14(19)18-13/h4-5,7,9,11H,1-3,6,8,16H2,(H,17,20)(H,18,19). The molecule has 0 saturated heterocycles. The summed E-state index contributed by atoms with van der Waals surface area (Å²) in [5.74, 6) is 0.0471. The summed E-state index contributed by atoms with van der Waals surface area (Å²) in [6, 6.07) is 5.67. The summed E-state index contributed by atoms with van der Waals surface area (Å²) in [7, 11) is 0. The van der Waals surface area contributed by atoms with Gasteiger partial charge >= 0.3 is 0 Å². The number of fused-ring (bicyclic) bond motifs is 1. The van der Waals surface area contributed by atoms with E-state index in [0.29, 0.717) is 6.42 Å². The number of anilines is 2. The van der Waals surface area contributed by atoms with E-state index in [-0.39, 0.29) is 23.8 Å². The highest BCUT2D eigenvalue weighted by Crippen LogP contribution is 2.28. The molecule has 5 heteroatoms. The zero-order valence-electron chi connectivity index (χ0n) is 11.3. The van der Waals surface area contributed by atoms with Gasteiger partial charge in [-0.15, -0.1) is 0 Å². The molecule has 2 unspecified atom stereocenters. The molecule has 4 N–H and O–H groups in total. The van der Waals surface area contributed by atoms with E-state index >= 15 is 0 Å². The van der Waals surface area contributed by atoms with Crippen molar-refractivity contribution in [3.63, 3.8) is 0 Å². The third kappa shape index (κ3) is 2.67. The fourth-order valence-corrected chi connectivity index (χ4v) is 3.02. The molecular weight excluding hydrogens is 254 g/mol. The van der Waals surface area contributed by atoms with Crippen molar-refractivity contribution in [2.24, 2.45) is 11.7 Å². The van der Waals surface area contributed by atoms with E-state index in [4.69, 9.17) is 5.73 Å². The number of hydrogen-bond donors (Lipinski definition) is 3. The van der Waals surface area contributed by atoms with Gasteiger partial charge in [-0.25, -0.2) is 0 Å². The maximum absolute atomic E-state index is 12.2. The van der Waals surface area contributed by atoms with Crippen LogP contribution in [0.2, 0.25) is 0 Å². The van der Waals surface area contributed by atoms with Crippen LogP contribution in [-0.2, 0) is 16.0 Å². The van der Waals surface area contributed by atoms with Crippen molar-refractivity contribution in [1.82, 2.24) is 0 Å². The van der Waals surface area contributed by atoms with Gasteiger partial charge in [-0.1, -0.05) is 6.42 Å². The third-order valence-electron chi connectivity index (χ3n) is 4.08. The van der Waals surface area contributed by atoms with Crippen molar-refractivity contribution in [3.8, 4) is 0 Å². The second kappa shape index (κ2) is 5.25. The summed E-state index contributed by atoms with van der Waals surface area (Å²) in [6.45, 7) is 0. The van der Waals surface area contributed by atoms with Gasteiger partial charge in [0.15, 0.2) is 0 Å². The Balaban J connectivity index is 1.67. The summed E-state index contributed by atoms with van der Waals surface area (Å²) in [5, 5.41) is 5.72. The number of carbonyl (C=O) groups is 2. The van der Waals surface area contributed by atoms with Gasteiger partial charge in [-0.05, 0) is 43.0 Å². The number of benzene rings is 1. The minimum Gasteiger partial charge on any atom is -0.328 e. The third-order valence-corrected chi connectivity index (χ3v) is 4.08. The van der Waals surface area contributed by atoms with Crippen LogP contribution in [0.15, 0.2) is 18.2 Å². The highest BCUT2D eigenvalue weighted by atomic mass is 16.2. The van der Waals surface area contributed by atoms with Crippen molar-refractivity contribution in [2.75, 3.05) is 10.6 Å². The van der Waals surface area contributed by atoms with Gasteiger partial charge in [0.1, 0.15) is 0 Å². The Bertz CT molecular complexity index is 556. The second-order valence-corrected chi connectivity index (χ2v) is 5.71. The van der Waals surface area contributed by atoms with Gasteiger partial charge in [0.2, 0.25) is 11.8 Å². The molecule has 1 aliphatic heterocycles. The summed E-state index contributed by atoms with van der Waals surface area (Å²) < 4.78 is 0. The van der Waals surface area contributed by atoms with Gasteiger partial charge in [0.05, 0.1) is 6.42 Å². The molecule has 1 saturated carbocycles. The highest BCUT2D eigenvalue weighted by molar-refractivity contribution is 6.00. The molecule has 0 spiro atoms.